The molecule has 0 bridgehead atoms. The predicted octanol–water partition coefficient (Wildman–Crippen LogP) is 11.2. The van der Waals surface area contributed by atoms with Crippen LogP contribution >= 0.6 is 0 Å². The zero-order valence-corrected chi connectivity index (χ0v) is 26.3. The summed E-state index contributed by atoms with van der Waals surface area (Å²) in [6.07, 6.45) is 1.91. The van der Waals surface area contributed by atoms with Crippen LogP contribution in [0.5, 0.6) is 0 Å². The van der Waals surface area contributed by atoms with E-state index < -0.39 is 0 Å². The van der Waals surface area contributed by atoms with Crippen LogP contribution in [0.15, 0.2) is 152 Å². The minimum atomic E-state index is -0.0561. The van der Waals surface area contributed by atoms with Gasteiger partial charge in [0, 0.05) is 39.1 Å². The molecule has 6 aromatic carbocycles. The lowest BCUT2D eigenvalue weighted by molar-refractivity contribution is 0.661. The van der Waals surface area contributed by atoms with Gasteiger partial charge in [0.15, 0.2) is 0 Å². The van der Waals surface area contributed by atoms with Crippen LogP contribution in [-0.2, 0) is 5.41 Å². The van der Waals surface area contributed by atoms with Crippen molar-refractivity contribution < 1.29 is 0 Å². The van der Waals surface area contributed by atoms with E-state index in [4.69, 9.17) is 4.98 Å². The molecule has 0 atom stereocenters. The highest BCUT2D eigenvalue weighted by molar-refractivity contribution is 6.11. The second kappa shape index (κ2) is 9.54. The molecule has 0 aliphatic heterocycles. The van der Waals surface area contributed by atoms with Crippen molar-refractivity contribution in [2.24, 2.45) is 0 Å². The molecule has 0 fully saturated rings. The molecule has 222 valence electrons. The Bertz CT molecular complexity index is 2690. The minimum Gasteiger partial charge on any atom is -0.309 e. The fraction of sp³-hybridized carbons (Fsp3) is 0.0682. The molecule has 47 heavy (non-hydrogen) atoms. The largest absolute Gasteiger partial charge is 0.309 e. The molecule has 0 unspecified atom stereocenters. The Hall–Kier alpha value is -5.93. The van der Waals surface area contributed by atoms with E-state index in [1.165, 1.54) is 71.8 Å². The zero-order chi connectivity index (χ0) is 31.3. The summed E-state index contributed by atoms with van der Waals surface area (Å²) in [5.74, 6) is 0. The van der Waals surface area contributed by atoms with Crippen molar-refractivity contribution in [1.29, 1.82) is 0 Å². The van der Waals surface area contributed by atoms with Gasteiger partial charge in [-0.2, -0.15) is 0 Å². The maximum Gasteiger partial charge on any atom is 0.0963 e. The Balaban J connectivity index is 1.13. The number of aromatic nitrogens is 3. The molecular formula is C44H31N3. The predicted molar refractivity (Wildman–Crippen MR) is 196 cm³/mol. The van der Waals surface area contributed by atoms with Crippen LogP contribution < -0.4 is 0 Å². The smallest absolute Gasteiger partial charge is 0.0963 e. The Morgan fingerprint density at radius 1 is 0.447 bits per heavy atom. The summed E-state index contributed by atoms with van der Waals surface area (Å²) in [7, 11) is 0. The molecule has 0 saturated carbocycles. The molecular weight excluding hydrogens is 571 g/mol. The number of benzene rings is 6. The summed E-state index contributed by atoms with van der Waals surface area (Å²) in [4.78, 5) is 4.90. The minimum absolute atomic E-state index is 0.0561. The zero-order valence-electron chi connectivity index (χ0n) is 26.3. The summed E-state index contributed by atoms with van der Waals surface area (Å²) in [6, 6.07) is 53.1. The standard InChI is InChI=1S/C44H31N3/c1-44(2)37-15-8-6-13-32(37)34-27-42-36(26-38(34)44)43-41(17-10-24-45-43)47(42)31-21-18-28(19-22-31)29-20-23-40-35(25-29)33-14-7-9-16-39(33)46(40)30-11-4-3-5-12-30/h3-27H,1-2H3. The van der Waals surface area contributed by atoms with Crippen LogP contribution in [0.2, 0.25) is 0 Å². The average molecular weight is 602 g/mol. The molecule has 3 heteroatoms. The summed E-state index contributed by atoms with van der Waals surface area (Å²) in [5.41, 5.74) is 15.9. The number of rotatable bonds is 3. The molecule has 0 saturated heterocycles. The first-order valence-electron chi connectivity index (χ1n) is 16.3. The number of hydrogen-bond acceptors (Lipinski definition) is 1. The van der Waals surface area contributed by atoms with Crippen molar-refractivity contribution in [2.45, 2.75) is 19.3 Å². The SMILES string of the molecule is CC1(C)c2ccccc2-c2cc3c(cc21)c1ncccc1n3-c1ccc(-c2ccc3c(c2)c2ccccc2n3-c2ccccc2)cc1. The molecule has 1 aliphatic rings. The van der Waals surface area contributed by atoms with Gasteiger partial charge in [-0.15, -0.1) is 0 Å². The van der Waals surface area contributed by atoms with E-state index in [2.05, 4.69) is 163 Å². The number of nitrogens with zero attached hydrogens (tertiary/aromatic N) is 3. The van der Waals surface area contributed by atoms with Gasteiger partial charge in [-0.1, -0.05) is 92.7 Å². The Kier molecular flexibility index (Phi) is 5.34. The molecule has 0 spiro atoms. The molecule has 3 nitrogen and oxygen atoms in total. The fourth-order valence-corrected chi connectivity index (χ4v) is 8.11. The molecule has 9 aromatic rings. The highest BCUT2D eigenvalue weighted by Gasteiger charge is 2.36. The Morgan fingerprint density at radius 2 is 1.13 bits per heavy atom. The lowest BCUT2D eigenvalue weighted by atomic mass is 9.82. The third-order valence-corrected chi connectivity index (χ3v) is 10.4. The summed E-state index contributed by atoms with van der Waals surface area (Å²) < 4.78 is 4.75. The number of hydrogen-bond donors (Lipinski definition) is 0. The van der Waals surface area contributed by atoms with E-state index in [0.29, 0.717) is 0 Å². The second-order valence-corrected chi connectivity index (χ2v) is 13.3. The van der Waals surface area contributed by atoms with Gasteiger partial charge in [0.2, 0.25) is 0 Å². The van der Waals surface area contributed by atoms with Crippen LogP contribution in [0.3, 0.4) is 0 Å². The van der Waals surface area contributed by atoms with Gasteiger partial charge in [0.1, 0.15) is 0 Å². The number of pyridine rings is 1. The van der Waals surface area contributed by atoms with Crippen molar-refractivity contribution in [2.75, 3.05) is 0 Å². The van der Waals surface area contributed by atoms with E-state index >= 15 is 0 Å². The highest BCUT2D eigenvalue weighted by Crippen LogP contribution is 2.50. The topological polar surface area (TPSA) is 22.8 Å². The van der Waals surface area contributed by atoms with Gasteiger partial charge < -0.3 is 9.13 Å². The van der Waals surface area contributed by atoms with E-state index in [0.717, 1.165) is 16.7 Å². The molecule has 3 aromatic heterocycles. The van der Waals surface area contributed by atoms with Crippen molar-refractivity contribution >= 4 is 43.7 Å². The summed E-state index contributed by atoms with van der Waals surface area (Å²) in [6.45, 7) is 4.68. The monoisotopic (exact) mass is 601 g/mol. The first-order chi connectivity index (χ1) is 23.1. The van der Waals surface area contributed by atoms with Crippen molar-refractivity contribution in [3.05, 3.63) is 163 Å². The molecule has 1 aliphatic carbocycles. The maximum atomic E-state index is 4.90. The van der Waals surface area contributed by atoms with E-state index in [1.54, 1.807) is 0 Å². The van der Waals surface area contributed by atoms with Crippen LogP contribution in [-0.4, -0.2) is 14.1 Å². The fourth-order valence-electron chi connectivity index (χ4n) is 8.11. The lowest BCUT2D eigenvalue weighted by Gasteiger charge is -2.21. The van der Waals surface area contributed by atoms with Crippen molar-refractivity contribution in [3.8, 4) is 33.6 Å². The quantitative estimate of drug-likeness (QED) is 0.198. The molecule has 10 rings (SSSR count). The van der Waals surface area contributed by atoms with Crippen LogP contribution in [0, 0.1) is 0 Å². The maximum absolute atomic E-state index is 4.90. The summed E-state index contributed by atoms with van der Waals surface area (Å²) in [5, 5.41) is 3.72. The van der Waals surface area contributed by atoms with Gasteiger partial charge in [0.05, 0.1) is 27.6 Å². The molecule has 0 N–H and O–H groups in total. The first-order valence-corrected chi connectivity index (χ1v) is 16.3. The van der Waals surface area contributed by atoms with Crippen molar-refractivity contribution in [1.82, 2.24) is 14.1 Å². The Morgan fingerprint density at radius 3 is 2.00 bits per heavy atom. The number of para-hydroxylation sites is 2. The van der Waals surface area contributed by atoms with E-state index in [9.17, 15) is 0 Å². The third-order valence-electron chi connectivity index (χ3n) is 10.4. The number of fused-ring (bicyclic) bond motifs is 9. The van der Waals surface area contributed by atoms with Gasteiger partial charge in [0.25, 0.3) is 0 Å². The first kappa shape index (κ1) is 26.3. The average Bonchev–Trinajstić information content (AvgIpc) is 3.71. The van der Waals surface area contributed by atoms with Gasteiger partial charge in [-0.25, -0.2) is 0 Å². The Labute approximate surface area is 273 Å². The molecule has 3 heterocycles. The summed E-state index contributed by atoms with van der Waals surface area (Å²) >= 11 is 0. The van der Waals surface area contributed by atoms with E-state index in [1.807, 2.05) is 12.3 Å². The van der Waals surface area contributed by atoms with Crippen molar-refractivity contribution in [3.63, 3.8) is 0 Å². The highest BCUT2D eigenvalue weighted by atomic mass is 15.0. The van der Waals surface area contributed by atoms with Crippen LogP contribution in [0.25, 0.3) is 77.4 Å². The molecule has 0 amide bonds. The van der Waals surface area contributed by atoms with Crippen LogP contribution in [0.1, 0.15) is 25.0 Å². The van der Waals surface area contributed by atoms with Gasteiger partial charge in [-0.05, 0) is 100 Å². The third kappa shape index (κ3) is 3.65. The van der Waals surface area contributed by atoms with Crippen LogP contribution in [0.4, 0.5) is 0 Å². The van der Waals surface area contributed by atoms with Gasteiger partial charge in [-0.3, -0.25) is 4.98 Å². The van der Waals surface area contributed by atoms with Gasteiger partial charge >= 0.3 is 0 Å². The second-order valence-electron chi connectivity index (χ2n) is 13.3. The van der Waals surface area contributed by atoms with E-state index in [-0.39, 0.29) is 5.41 Å². The normalized spacial score (nSPS) is 13.5. The lowest BCUT2D eigenvalue weighted by Crippen LogP contribution is -2.14. The molecule has 0 radical (unpaired) electrons.